The molecule has 8 heteroatoms. The first-order valence-corrected chi connectivity index (χ1v) is 13.2. The molecule has 188 valence electrons. The number of hydrogen-bond donors (Lipinski definition) is 0. The van der Waals surface area contributed by atoms with Gasteiger partial charge in [-0.05, 0) is 29.8 Å². The van der Waals surface area contributed by atoms with Gasteiger partial charge in [-0.25, -0.2) is 4.98 Å². The Morgan fingerprint density at radius 1 is 1.14 bits per heavy atom. The molecule has 1 fully saturated rings. The van der Waals surface area contributed by atoms with E-state index in [-0.39, 0.29) is 24.3 Å². The van der Waals surface area contributed by atoms with Gasteiger partial charge in [-0.1, -0.05) is 42.5 Å². The molecule has 1 unspecified atom stereocenters. The molecule has 1 saturated heterocycles. The van der Waals surface area contributed by atoms with Crippen molar-refractivity contribution in [2.24, 2.45) is 0 Å². The molecule has 0 saturated carbocycles. The smallest absolute Gasteiger partial charge is 0.242 e. The molecule has 2 amide bonds. The molecular formula is C29H27N3O4S. The van der Waals surface area contributed by atoms with Gasteiger partial charge in [-0.2, -0.15) is 0 Å². The number of benzene rings is 3. The van der Waals surface area contributed by atoms with Gasteiger partial charge in [0.15, 0.2) is 11.5 Å². The van der Waals surface area contributed by atoms with E-state index < -0.39 is 0 Å². The summed E-state index contributed by atoms with van der Waals surface area (Å²) < 4.78 is 12.8. The Morgan fingerprint density at radius 3 is 2.76 bits per heavy atom. The molecule has 1 atom stereocenters. The summed E-state index contributed by atoms with van der Waals surface area (Å²) in [5.41, 5.74) is 3.88. The maximum absolute atomic E-state index is 13.4. The van der Waals surface area contributed by atoms with Crippen molar-refractivity contribution in [1.29, 1.82) is 0 Å². The molecule has 0 aliphatic carbocycles. The van der Waals surface area contributed by atoms with Crippen molar-refractivity contribution in [1.82, 2.24) is 14.8 Å². The minimum atomic E-state index is -0.0807. The van der Waals surface area contributed by atoms with Crippen molar-refractivity contribution in [3.8, 4) is 22.1 Å². The number of nitrogens with zero attached hydrogens (tertiary/aromatic N) is 3. The molecule has 0 bridgehead atoms. The van der Waals surface area contributed by atoms with Crippen LogP contribution in [0.25, 0.3) is 20.8 Å². The van der Waals surface area contributed by atoms with Gasteiger partial charge in [0.05, 0.1) is 30.4 Å². The Morgan fingerprint density at radius 2 is 1.95 bits per heavy atom. The zero-order valence-corrected chi connectivity index (χ0v) is 21.4. The SMILES string of the molecule is COc1cc(-c2nc3ccccc3s2)cc2c1OCCN(C(=O)CN1CC(c3ccccc3)CC1=O)C2. The van der Waals surface area contributed by atoms with Gasteiger partial charge >= 0.3 is 0 Å². The van der Waals surface area contributed by atoms with Gasteiger partial charge in [0.1, 0.15) is 11.6 Å². The fraction of sp³-hybridized carbons (Fsp3) is 0.276. The van der Waals surface area contributed by atoms with E-state index in [4.69, 9.17) is 14.5 Å². The molecule has 0 radical (unpaired) electrons. The molecule has 1 aromatic heterocycles. The first kappa shape index (κ1) is 23.5. The van der Waals surface area contributed by atoms with Gasteiger partial charge in [0.2, 0.25) is 11.8 Å². The highest BCUT2D eigenvalue weighted by Gasteiger charge is 2.33. The summed E-state index contributed by atoms with van der Waals surface area (Å²) >= 11 is 1.62. The van der Waals surface area contributed by atoms with Crippen LogP contribution in [-0.4, -0.2) is 59.9 Å². The minimum Gasteiger partial charge on any atom is -0.493 e. The topological polar surface area (TPSA) is 72.0 Å². The number of methoxy groups -OCH3 is 1. The number of ether oxygens (including phenoxy) is 2. The highest BCUT2D eigenvalue weighted by atomic mass is 32.1. The molecule has 0 N–H and O–H groups in total. The van der Waals surface area contributed by atoms with Gasteiger partial charge in [-0.15, -0.1) is 11.3 Å². The molecule has 4 aromatic rings. The van der Waals surface area contributed by atoms with Gasteiger partial charge in [-0.3, -0.25) is 9.59 Å². The molecular weight excluding hydrogens is 486 g/mol. The largest absolute Gasteiger partial charge is 0.493 e. The van der Waals surface area contributed by atoms with E-state index in [1.54, 1.807) is 28.2 Å². The molecule has 37 heavy (non-hydrogen) atoms. The second kappa shape index (κ2) is 9.86. The third-order valence-corrected chi connectivity index (χ3v) is 8.11. The molecule has 6 rings (SSSR count). The molecule has 3 aromatic carbocycles. The number of amides is 2. The molecule has 2 aliphatic heterocycles. The summed E-state index contributed by atoms with van der Waals surface area (Å²) in [5, 5.41) is 0.888. The first-order valence-electron chi connectivity index (χ1n) is 12.4. The van der Waals surface area contributed by atoms with Gasteiger partial charge in [0.25, 0.3) is 0 Å². The van der Waals surface area contributed by atoms with Crippen LogP contribution >= 0.6 is 11.3 Å². The first-order chi connectivity index (χ1) is 18.1. The summed E-state index contributed by atoms with van der Waals surface area (Å²) in [6.45, 7) is 1.82. The number of carbonyl (C=O) groups excluding carboxylic acids is 2. The fourth-order valence-corrected chi connectivity index (χ4v) is 6.06. The maximum Gasteiger partial charge on any atom is 0.242 e. The molecule has 2 aliphatic rings. The van der Waals surface area contributed by atoms with Crippen LogP contribution in [0, 0.1) is 0 Å². The zero-order valence-electron chi connectivity index (χ0n) is 20.6. The van der Waals surface area contributed by atoms with E-state index in [0.29, 0.717) is 44.2 Å². The predicted molar refractivity (Wildman–Crippen MR) is 143 cm³/mol. The van der Waals surface area contributed by atoms with E-state index in [1.807, 2.05) is 60.7 Å². The van der Waals surface area contributed by atoms with Crippen molar-refractivity contribution in [2.75, 3.05) is 33.4 Å². The standard InChI is InChI=1S/C29H27N3O4S/c1-35-24-14-20(29-30-23-9-5-6-10-25(23)37-29)13-22-17-31(11-12-36-28(22)24)27(34)18-32-16-21(15-26(32)33)19-7-3-2-4-8-19/h2-10,13-14,21H,11-12,15-18H2,1H3. The number of rotatable bonds is 5. The summed E-state index contributed by atoms with van der Waals surface area (Å²) in [4.78, 5) is 34.3. The van der Waals surface area contributed by atoms with Crippen LogP contribution < -0.4 is 9.47 Å². The Bertz CT molecular complexity index is 1440. The normalized spacial score (nSPS) is 17.4. The maximum atomic E-state index is 13.4. The van der Waals surface area contributed by atoms with E-state index >= 15 is 0 Å². The Balaban J connectivity index is 1.22. The number of hydrogen-bond acceptors (Lipinski definition) is 6. The summed E-state index contributed by atoms with van der Waals surface area (Å²) in [6, 6.07) is 22.1. The lowest BCUT2D eigenvalue weighted by molar-refractivity contribution is -0.138. The van der Waals surface area contributed by atoms with Crippen LogP contribution in [0.3, 0.4) is 0 Å². The summed E-state index contributed by atoms with van der Waals surface area (Å²) in [7, 11) is 1.62. The van der Waals surface area contributed by atoms with E-state index in [2.05, 4.69) is 6.07 Å². The average molecular weight is 514 g/mol. The number of thiazole rings is 1. The predicted octanol–water partition coefficient (Wildman–Crippen LogP) is 4.71. The third-order valence-electron chi connectivity index (χ3n) is 7.03. The fourth-order valence-electron chi connectivity index (χ4n) is 5.10. The van der Waals surface area contributed by atoms with Gasteiger partial charge < -0.3 is 19.3 Å². The van der Waals surface area contributed by atoms with Crippen molar-refractivity contribution in [3.05, 3.63) is 77.9 Å². The Labute approximate surface area is 219 Å². The zero-order chi connectivity index (χ0) is 25.4. The lowest BCUT2D eigenvalue weighted by Crippen LogP contribution is -2.41. The highest BCUT2D eigenvalue weighted by Crippen LogP contribution is 2.40. The Hall–Kier alpha value is -3.91. The van der Waals surface area contributed by atoms with Crippen LogP contribution in [0.4, 0.5) is 0 Å². The van der Waals surface area contributed by atoms with E-state index in [1.165, 1.54) is 0 Å². The second-order valence-corrected chi connectivity index (χ2v) is 10.4. The van der Waals surface area contributed by atoms with Crippen molar-refractivity contribution in [2.45, 2.75) is 18.9 Å². The molecule has 7 nitrogen and oxygen atoms in total. The van der Waals surface area contributed by atoms with Crippen molar-refractivity contribution >= 4 is 33.4 Å². The van der Waals surface area contributed by atoms with Crippen LogP contribution in [0.1, 0.15) is 23.5 Å². The van der Waals surface area contributed by atoms with Crippen LogP contribution in [0.5, 0.6) is 11.5 Å². The minimum absolute atomic E-state index is 0.0217. The van der Waals surface area contributed by atoms with Crippen LogP contribution in [0.15, 0.2) is 66.7 Å². The van der Waals surface area contributed by atoms with Crippen molar-refractivity contribution in [3.63, 3.8) is 0 Å². The van der Waals surface area contributed by atoms with Crippen LogP contribution in [0.2, 0.25) is 0 Å². The summed E-state index contributed by atoms with van der Waals surface area (Å²) in [5.74, 6) is 1.34. The number of fused-ring (bicyclic) bond motifs is 2. The second-order valence-electron chi connectivity index (χ2n) is 9.40. The number of para-hydroxylation sites is 1. The highest BCUT2D eigenvalue weighted by molar-refractivity contribution is 7.21. The van der Waals surface area contributed by atoms with E-state index in [0.717, 1.165) is 31.9 Å². The summed E-state index contributed by atoms with van der Waals surface area (Å²) in [6.07, 6.45) is 0.436. The quantitative estimate of drug-likeness (QED) is 0.387. The average Bonchev–Trinajstić information content (AvgIpc) is 3.45. The van der Waals surface area contributed by atoms with Crippen LogP contribution in [-0.2, 0) is 16.1 Å². The lowest BCUT2D eigenvalue weighted by Gasteiger charge is -2.24. The third kappa shape index (κ3) is 4.64. The lowest BCUT2D eigenvalue weighted by atomic mass is 9.99. The molecule has 3 heterocycles. The number of likely N-dealkylation sites (tertiary alicyclic amines) is 1. The Kier molecular flexibility index (Phi) is 6.26. The van der Waals surface area contributed by atoms with Gasteiger partial charge in [0, 0.05) is 36.6 Å². The number of carbonyl (C=O) groups is 2. The monoisotopic (exact) mass is 513 g/mol. The van der Waals surface area contributed by atoms with Crippen molar-refractivity contribution < 1.29 is 19.1 Å². The van der Waals surface area contributed by atoms with E-state index in [9.17, 15) is 9.59 Å². The molecule has 0 spiro atoms. The number of aromatic nitrogens is 1.